The van der Waals surface area contributed by atoms with E-state index in [1.54, 1.807) is 0 Å². The summed E-state index contributed by atoms with van der Waals surface area (Å²) in [4.78, 5) is 3.63. The number of nitrogens with two attached hydrogens (primary N) is 1. The van der Waals surface area contributed by atoms with E-state index in [-0.39, 0.29) is 10.9 Å². The second-order valence-electron chi connectivity index (χ2n) is 2.81. The standard InChI is InChI=1S/C8H8BrF3N2O/c1-4-6(13)2-5(3-9)7(14-4)15-8(10,11)12/h2H,3,13H2,1H3. The van der Waals surface area contributed by atoms with Gasteiger partial charge in [-0.3, -0.25) is 0 Å². The molecule has 1 heterocycles. The first-order valence-electron chi connectivity index (χ1n) is 3.91. The van der Waals surface area contributed by atoms with Gasteiger partial charge >= 0.3 is 6.36 Å². The number of anilines is 1. The van der Waals surface area contributed by atoms with Gasteiger partial charge in [-0.1, -0.05) is 15.9 Å². The molecule has 1 aromatic heterocycles. The molecular weight excluding hydrogens is 277 g/mol. The summed E-state index contributed by atoms with van der Waals surface area (Å²) in [7, 11) is 0. The minimum Gasteiger partial charge on any atom is -0.397 e. The molecule has 0 saturated carbocycles. The van der Waals surface area contributed by atoms with Crippen molar-refractivity contribution in [2.75, 3.05) is 5.73 Å². The van der Waals surface area contributed by atoms with Crippen molar-refractivity contribution in [2.45, 2.75) is 18.6 Å². The summed E-state index contributed by atoms with van der Waals surface area (Å²) >= 11 is 3.03. The van der Waals surface area contributed by atoms with Crippen LogP contribution in [0, 0.1) is 6.92 Å². The zero-order valence-electron chi connectivity index (χ0n) is 7.73. The van der Waals surface area contributed by atoms with E-state index in [4.69, 9.17) is 5.73 Å². The Morgan fingerprint density at radius 1 is 1.53 bits per heavy atom. The van der Waals surface area contributed by atoms with Gasteiger partial charge in [0.05, 0.1) is 11.4 Å². The Morgan fingerprint density at radius 3 is 2.60 bits per heavy atom. The molecule has 0 fully saturated rings. The number of alkyl halides is 4. The van der Waals surface area contributed by atoms with Gasteiger partial charge < -0.3 is 10.5 Å². The molecule has 0 spiro atoms. The lowest BCUT2D eigenvalue weighted by molar-refractivity contribution is -0.276. The summed E-state index contributed by atoms with van der Waals surface area (Å²) in [6, 6.07) is 1.40. The van der Waals surface area contributed by atoms with Gasteiger partial charge in [0, 0.05) is 10.9 Å². The molecule has 0 saturated heterocycles. The van der Waals surface area contributed by atoms with Gasteiger partial charge in [0.25, 0.3) is 0 Å². The normalized spacial score (nSPS) is 11.5. The maximum Gasteiger partial charge on any atom is 0.574 e. The number of aromatic nitrogens is 1. The molecule has 1 rings (SSSR count). The Morgan fingerprint density at radius 2 is 2.13 bits per heavy atom. The average molecular weight is 285 g/mol. The fourth-order valence-electron chi connectivity index (χ4n) is 0.936. The quantitative estimate of drug-likeness (QED) is 0.850. The van der Waals surface area contributed by atoms with Crippen LogP contribution in [0.3, 0.4) is 0 Å². The molecule has 0 unspecified atom stereocenters. The first-order valence-corrected chi connectivity index (χ1v) is 5.03. The van der Waals surface area contributed by atoms with Crippen molar-refractivity contribution in [3.63, 3.8) is 0 Å². The molecule has 0 aromatic carbocycles. The van der Waals surface area contributed by atoms with Crippen molar-refractivity contribution < 1.29 is 17.9 Å². The third kappa shape index (κ3) is 3.26. The summed E-state index contributed by atoms with van der Waals surface area (Å²) in [6.07, 6.45) is -4.74. The van der Waals surface area contributed by atoms with Crippen LogP contribution in [0.25, 0.3) is 0 Å². The van der Waals surface area contributed by atoms with Crippen molar-refractivity contribution in [2.24, 2.45) is 0 Å². The van der Waals surface area contributed by atoms with Gasteiger partial charge in [-0.25, -0.2) is 4.98 Å². The second-order valence-corrected chi connectivity index (χ2v) is 3.37. The number of nitrogens with zero attached hydrogens (tertiary/aromatic N) is 1. The molecule has 0 atom stereocenters. The minimum atomic E-state index is -4.74. The Balaban J connectivity index is 3.11. The van der Waals surface area contributed by atoms with Crippen LogP contribution in [-0.2, 0) is 5.33 Å². The van der Waals surface area contributed by atoms with Crippen molar-refractivity contribution in [3.05, 3.63) is 17.3 Å². The van der Waals surface area contributed by atoms with E-state index in [1.807, 2.05) is 0 Å². The minimum absolute atomic E-state index is 0.190. The summed E-state index contributed by atoms with van der Waals surface area (Å²) in [5.41, 5.74) is 6.41. The van der Waals surface area contributed by atoms with Crippen LogP contribution in [0.2, 0.25) is 0 Å². The van der Waals surface area contributed by atoms with Gasteiger partial charge in [-0.05, 0) is 13.0 Å². The maximum absolute atomic E-state index is 12.0. The third-order valence-corrected chi connectivity index (χ3v) is 2.25. The van der Waals surface area contributed by atoms with E-state index in [0.717, 1.165) is 0 Å². The third-order valence-electron chi connectivity index (χ3n) is 1.65. The van der Waals surface area contributed by atoms with Crippen LogP contribution in [0.15, 0.2) is 6.07 Å². The molecule has 0 aliphatic rings. The Kier molecular flexibility index (Phi) is 3.43. The highest BCUT2D eigenvalue weighted by atomic mass is 79.9. The van der Waals surface area contributed by atoms with E-state index < -0.39 is 12.2 Å². The zero-order valence-corrected chi connectivity index (χ0v) is 9.32. The highest BCUT2D eigenvalue weighted by Crippen LogP contribution is 2.28. The molecule has 2 N–H and O–H groups in total. The molecule has 0 amide bonds. The van der Waals surface area contributed by atoms with Gasteiger partial charge in [-0.2, -0.15) is 0 Å². The summed E-state index contributed by atoms with van der Waals surface area (Å²) in [6.45, 7) is 1.51. The summed E-state index contributed by atoms with van der Waals surface area (Å²) in [5, 5.41) is 0.190. The van der Waals surface area contributed by atoms with E-state index >= 15 is 0 Å². The molecule has 0 radical (unpaired) electrons. The fourth-order valence-corrected chi connectivity index (χ4v) is 1.34. The highest BCUT2D eigenvalue weighted by Gasteiger charge is 2.33. The summed E-state index contributed by atoms with van der Waals surface area (Å²) in [5.74, 6) is -0.467. The summed E-state index contributed by atoms with van der Waals surface area (Å²) < 4.78 is 39.7. The number of halogens is 4. The Hall–Kier alpha value is -0.980. The molecule has 0 aliphatic carbocycles. The number of rotatable bonds is 2. The van der Waals surface area contributed by atoms with Gasteiger partial charge in [0.2, 0.25) is 5.88 Å². The molecule has 3 nitrogen and oxygen atoms in total. The Labute approximate surface area is 92.6 Å². The van der Waals surface area contributed by atoms with Crippen LogP contribution in [0.5, 0.6) is 5.88 Å². The second kappa shape index (κ2) is 4.26. The molecule has 7 heteroatoms. The van der Waals surface area contributed by atoms with E-state index in [0.29, 0.717) is 11.4 Å². The van der Waals surface area contributed by atoms with Crippen molar-refractivity contribution in [1.82, 2.24) is 4.98 Å². The van der Waals surface area contributed by atoms with Crippen LogP contribution in [0.1, 0.15) is 11.3 Å². The number of nitrogen functional groups attached to an aromatic ring is 1. The predicted octanol–water partition coefficient (Wildman–Crippen LogP) is 2.77. The van der Waals surface area contributed by atoms with Crippen molar-refractivity contribution >= 4 is 21.6 Å². The molecule has 15 heavy (non-hydrogen) atoms. The molecule has 0 aliphatic heterocycles. The van der Waals surface area contributed by atoms with Crippen LogP contribution in [0.4, 0.5) is 18.9 Å². The molecule has 0 bridgehead atoms. The van der Waals surface area contributed by atoms with Gasteiger partial charge in [-0.15, -0.1) is 13.2 Å². The van der Waals surface area contributed by atoms with Gasteiger partial charge in [0.1, 0.15) is 0 Å². The van der Waals surface area contributed by atoms with E-state index in [2.05, 4.69) is 25.7 Å². The average Bonchev–Trinajstić information content (AvgIpc) is 2.08. The first kappa shape index (κ1) is 12.1. The van der Waals surface area contributed by atoms with Crippen molar-refractivity contribution in [1.29, 1.82) is 0 Å². The SMILES string of the molecule is Cc1nc(OC(F)(F)F)c(CBr)cc1N. The monoisotopic (exact) mass is 284 g/mol. The fraction of sp³-hybridized carbons (Fsp3) is 0.375. The molecule has 1 aromatic rings. The smallest absolute Gasteiger partial charge is 0.397 e. The van der Waals surface area contributed by atoms with Crippen LogP contribution < -0.4 is 10.5 Å². The van der Waals surface area contributed by atoms with E-state index in [9.17, 15) is 13.2 Å². The van der Waals surface area contributed by atoms with Crippen LogP contribution >= 0.6 is 15.9 Å². The topological polar surface area (TPSA) is 48.1 Å². The zero-order chi connectivity index (χ0) is 11.6. The van der Waals surface area contributed by atoms with E-state index in [1.165, 1.54) is 13.0 Å². The highest BCUT2D eigenvalue weighted by molar-refractivity contribution is 9.08. The van der Waals surface area contributed by atoms with Crippen LogP contribution in [-0.4, -0.2) is 11.3 Å². The number of aryl methyl sites for hydroxylation is 1. The lowest BCUT2D eigenvalue weighted by Gasteiger charge is -2.12. The molecule has 84 valence electrons. The lowest BCUT2D eigenvalue weighted by atomic mass is 10.2. The number of hydrogen-bond acceptors (Lipinski definition) is 3. The number of hydrogen-bond donors (Lipinski definition) is 1. The largest absolute Gasteiger partial charge is 0.574 e. The Bertz CT molecular complexity index is 368. The van der Waals surface area contributed by atoms with Gasteiger partial charge in [0.15, 0.2) is 0 Å². The number of pyridine rings is 1. The maximum atomic E-state index is 12.0. The predicted molar refractivity (Wildman–Crippen MR) is 52.7 cm³/mol. The van der Waals surface area contributed by atoms with Crippen molar-refractivity contribution in [3.8, 4) is 5.88 Å². The lowest BCUT2D eigenvalue weighted by Crippen LogP contribution is -2.19. The molecular formula is C8H8BrF3N2O. The first-order chi connectivity index (χ1) is 6.83. The number of ether oxygens (including phenoxy) is 1.